The second kappa shape index (κ2) is 8.87. The van der Waals surface area contributed by atoms with Gasteiger partial charge in [0.1, 0.15) is 13.2 Å². The van der Waals surface area contributed by atoms with Crippen LogP contribution in [0.1, 0.15) is 0 Å². The van der Waals surface area contributed by atoms with E-state index in [9.17, 15) is 30.3 Å². The summed E-state index contributed by atoms with van der Waals surface area (Å²) in [6.45, 7) is -1.69. The molecule has 0 amide bonds. The van der Waals surface area contributed by atoms with Gasteiger partial charge in [-0.3, -0.25) is 0 Å². The molecule has 0 aliphatic rings. The number of hydrogen-bond acceptors (Lipinski definition) is 9. The Morgan fingerprint density at radius 1 is 0.875 bits per heavy atom. The van der Waals surface area contributed by atoms with Gasteiger partial charge in [0.15, 0.2) is 6.10 Å². The van der Waals surface area contributed by atoms with Gasteiger partial charge in [-0.2, -0.15) is 0 Å². The third kappa shape index (κ3) is 10.7. The average molecular weight is 250 g/mol. The Hall–Kier alpha value is -1.40. The van der Waals surface area contributed by atoms with Crippen molar-refractivity contribution in [3.05, 3.63) is 30.3 Å². The Morgan fingerprint density at radius 2 is 1.25 bits per heavy atom. The molecule has 0 rings (SSSR count). The summed E-state index contributed by atoms with van der Waals surface area (Å²) in [7, 11) is 0. The molecule has 13 heteroatoms. The molecule has 0 saturated heterocycles. The maximum absolute atomic E-state index is 9.83. The van der Waals surface area contributed by atoms with Crippen molar-refractivity contribution in [3.63, 3.8) is 0 Å². The Morgan fingerprint density at radius 3 is 1.50 bits per heavy atom. The molecular weight excluding hydrogens is 245 g/mol. The quantitative estimate of drug-likeness (QED) is 0.237. The fourth-order valence-corrected chi connectivity index (χ4v) is 0.519. The van der Waals surface area contributed by atoms with Crippen LogP contribution in [0.2, 0.25) is 0 Å². The Balaban J connectivity index is 0. The van der Waals surface area contributed by atoms with Gasteiger partial charge in [-0.1, -0.05) is 0 Å². The van der Waals surface area contributed by atoms with Crippen molar-refractivity contribution < 1.29 is 59.3 Å². The van der Waals surface area contributed by atoms with Gasteiger partial charge in [0.25, 0.3) is 15.3 Å². The van der Waals surface area contributed by atoms with Crippen LogP contribution in [0.5, 0.6) is 0 Å². The van der Waals surface area contributed by atoms with E-state index < -0.39 is 34.6 Å². The number of rotatable bonds is 8. The van der Waals surface area contributed by atoms with Gasteiger partial charge in [-0.25, -0.2) is 0 Å². The van der Waals surface area contributed by atoms with E-state index in [2.05, 4.69) is 14.5 Å². The van der Waals surface area contributed by atoms with Crippen LogP contribution in [0.4, 0.5) is 0 Å². The average Bonchev–Trinajstić information content (AvgIpc) is 2.08. The van der Waals surface area contributed by atoms with Crippen molar-refractivity contribution in [1.82, 2.24) is 0 Å². The first-order valence-corrected chi connectivity index (χ1v) is 3.27. The van der Waals surface area contributed by atoms with E-state index >= 15 is 0 Å². The normalized spacial score (nSPS) is 8.81. The zero-order valence-corrected chi connectivity index (χ0v) is 10.0. The molecule has 0 aliphatic carbocycles. The van der Waals surface area contributed by atoms with Crippen molar-refractivity contribution in [2.24, 2.45) is 0 Å². The zero-order valence-electron chi connectivity index (χ0n) is 8.01. The van der Waals surface area contributed by atoms with E-state index in [1.165, 1.54) is 0 Å². The first-order chi connectivity index (χ1) is 6.91. The zero-order chi connectivity index (χ0) is 11.8. The minimum absolute atomic E-state index is 0. The third-order valence-electron chi connectivity index (χ3n) is 0.967. The minimum Gasteiger partial charge on any atom is -0.311 e. The fraction of sp³-hybridized carbons (Fsp3) is 1.00. The van der Waals surface area contributed by atoms with Gasteiger partial charge < -0.3 is 14.5 Å². The van der Waals surface area contributed by atoms with E-state index in [0.29, 0.717) is 0 Å². The summed E-state index contributed by atoms with van der Waals surface area (Å²) in [6.07, 6.45) is -1.55. The first-order valence-electron chi connectivity index (χ1n) is 3.27. The largest absolute Gasteiger partial charge is 1.00 e. The van der Waals surface area contributed by atoms with Gasteiger partial charge in [0.2, 0.25) is 0 Å². The predicted octanol–water partition coefficient (Wildman–Crippen LogP) is -4.02. The van der Waals surface area contributed by atoms with E-state index in [1.54, 1.807) is 0 Å². The maximum atomic E-state index is 9.83. The topological polar surface area (TPSA) is 157 Å². The molecule has 0 saturated carbocycles. The van der Waals surface area contributed by atoms with Gasteiger partial charge in [0.05, 0.1) is 0 Å². The van der Waals surface area contributed by atoms with Crippen molar-refractivity contribution >= 4 is 0 Å². The van der Waals surface area contributed by atoms with Gasteiger partial charge in [0, 0.05) is 0 Å². The summed E-state index contributed by atoms with van der Waals surface area (Å²) >= 11 is 0. The van der Waals surface area contributed by atoms with Crippen LogP contribution in [-0.2, 0) is 14.5 Å². The summed E-state index contributed by atoms with van der Waals surface area (Å²) in [5.41, 5.74) is 0. The van der Waals surface area contributed by atoms with Gasteiger partial charge in [-0.05, 0) is 0 Å². The van der Waals surface area contributed by atoms with Crippen LogP contribution in [0.25, 0.3) is 0 Å². The molecule has 0 fully saturated rings. The van der Waals surface area contributed by atoms with E-state index in [1.807, 2.05) is 0 Å². The second-order valence-corrected chi connectivity index (χ2v) is 1.99. The maximum Gasteiger partial charge on any atom is 1.00 e. The molecule has 16 heavy (non-hydrogen) atoms. The molecule has 0 heterocycles. The summed E-state index contributed by atoms with van der Waals surface area (Å²) in [5, 5.41) is 25.5. The molecule has 0 unspecified atom stereocenters. The molecule has 0 spiro atoms. The SMILES string of the molecule is O=[N+]([O-])OCC(CO[N+](=O)[O-])O[N+](=O)[O-].[Na+]. The number of nitrogens with zero attached hydrogens (tertiary/aromatic N) is 3. The van der Waals surface area contributed by atoms with Gasteiger partial charge >= 0.3 is 29.6 Å². The molecule has 0 atom stereocenters. The van der Waals surface area contributed by atoms with E-state index in [0.717, 1.165) is 0 Å². The fourth-order valence-electron chi connectivity index (χ4n) is 0.519. The summed E-state index contributed by atoms with van der Waals surface area (Å²) in [6, 6.07) is 0. The molecular formula is C3H5N3NaO9+. The molecule has 0 bridgehead atoms. The van der Waals surface area contributed by atoms with Crippen LogP contribution < -0.4 is 29.6 Å². The van der Waals surface area contributed by atoms with E-state index in [4.69, 9.17) is 0 Å². The molecule has 12 nitrogen and oxygen atoms in total. The molecule has 0 aliphatic heterocycles. The molecule has 0 radical (unpaired) electrons. The Labute approximate surface area is 109 Å². The standard InChI is InChI=1S/C3H5N3O9.Na/c7-4(8)13-1-3(15-6(11)12)2-14-5(9)10;/h3H,1-2H2;/q;+1. The van der Waals surface area contributed by atoms with E-state index in [-0.39, 0.29) is 29.6 Å². The smallest absolute Gasteiger partial charge is 0.311 e. The van der Waals surface area contributed by atoms with Crippen LogP contribution in [0.15, 0.2) is 0 Å². The van der Waals surface area contributed by atoms with Crippen molar-refractivity contribution in [3.8, 4) is 0 Å². The monoisotopic (exact) mass is 250 g/mol. The van der Waals surface area contributed by atoms with Crippen LogP contribution in [0.3, 0.4) is 0 Å². The van der Waals surface area contributed by atoms with Crippen molar-refractivity contribution in [1.29, 1.82) is 0 Å². The minimum atomic E-state index is -1.55. The predicted molar refractivity (Wildman–Crippen MR) is 37.8 cm³/mol. The van der Waals surface area contributed by atoms with Gasteiger partial charge in [-0.15, -0.1) is 30.3 Å². The number of hydrogen-bond donors (Lipinski definition) is 0. The Kier molecular flexibility index (Phi) is 9.43. The van der Waals surface area contributed by atoms with Crippen LogP contribution in [0, 0.1) is 30.3 Å². The molecule has 86 valence electrons. The molecule has 0 aromatic rings. The summed E-state index contributed by atoms with van der Waals surface area (Å²) < 4.78 is 0. The van der Waals surface area contributed by atoms with Crippen LogP contribution >= 0.6 is 0 Å². The van der Waals surface area contributed by atoms with Crippen LogP contribution in [-0.4, -0.2) is 34.6 Å². The molecule has 0 aromatic carbocycles. The first kappa shape index (κ1) is 17.0. The summed E-state index contributed by atoms with van der Waals surface area (Å²) in [4.78, 5) is 40.5. The Bertz CT molecular complexity index is 240. The van der Waals surface area contributed by atoms with Crippen molar-refractivity contribution in [2.45, 2.75) is 6.10 Å². The third-order valence-corrected chi connectivity index (χ3v) is 0.967. The molecule has 0 aromatic heterocycles. The summed E-state index contributed by atoms with van der Waals surface area (Å²) in [5.74, 6) is 0. The van der Waals surface area contributed by atoms with Crippen molar-refractivity contribution in [2.75, 3.05) is 13.2 Å². The second-order valence-electron chi connectivity index (χ2n) is 1.99. The molecule has 0 N–H and O–H groups in total.